The van der Waals surface area contributed by atoms with Gasteiger partial charge in [0, 0.05) is 13.2 Å². The van der Waals surface area contributed by atoms with Gasteiger partial charge in [0.2, 0.25) is 0 Å². The molecule has 1 unspecified atom stereocenters. The van der Waals surface area contributed by atoms with E-state index in [9.17, 15) is 0 Å². The lowest BCUT2D eigenvalue weighted by atomic mass is 9.83. The third kappa shape index (κ3) is 4.06. The van der Waals surface area contributed by atoms with Crippen molar-refractivity contribution in [2.45, 2.75) is 45.4 Å². The lowest BCUT2D eigenvalue weighted by Crippen LogP contribution is -2.33. The minimum absolute atomic E-state index is 0.774. The summed E-state index contributed by atoms with van der Waals surface area (Å²) in [4.78, 5) is 0. The van der Waals surface area contributed by atoms with Crippen molar-refractivity contribution in [3.63, 3.8) is 0 Å². The van der Waals surface area contributed by atoms with Crippen LogP contribution in [0.4, 0.5) is 0 Å². The van der Waals surface area contributed by atoms with E-state index >= 15 is 0 Å². The third-order valence-electron chi connectivity index (χ3n) is 4.26. The van der Waals surface area contributed by atoms with Crippen LogP contribution in [0.1, 0.15) is 45.4 Å². The van der Waals surface area contributed by atoms with Crippen molar-refractivity contribution < 1.29 is 4.74 Å². The van der Waals surface area contributed by atoms with Crippen LogP contribution < -0.4 is 5.32 Å². The van der Waals surface area contributed by atoms with Crippen LogP contribution in [-0.2, 0) is 4.74 Å². The van der Waals surface area contributed by atoms with E-state index in [-0.39, 0.29) is 0 Å². The smallest absolute Gasteiger partial charge is 0.0506 e. The first kappa shape index (κ1) is 12.4. The van der Waals surface area contributed by atoms with Crippen LogP contribution in [0, 0.1) is 17.8 Å². The number of hydrogen-bond acceptors (Lipinski definition) is 2. The van der Waals surface area contributed by atoms with Gasteiger partial charge in [-0.25, -0.2) is 0 Å². The van der Waals surface area contributed by atoms with Gasteiger partial charge < -0.3 is 10.1 Å². The Kier molecular flexibility index (Phi) is 5.11. The first-order chi connectivity index (χ1) is 7.84. The summed E-state index contributed by atoms with van der Waals surface area (Å²) in [6.07, 6.45) is 8.38. The first-order valence-electron chi connectivity index (χ1n) is 7.13. The summed E-state index contributed by atoms with van der Waals surface area (Å²) in [6.45, 7) is 6.77. The molecule has 1 atom stereocenters. The number of rotatable bonds is 4. The Morgan fingerprint density at radius 1 is 1.00 bits per heavy atom. The zero-order valence-corrected chi connectivity index (χ0v) is 10.7. The van der Waals surface area contributed by atoms with Crippen molar-refractivity contribution in [2.75, 3.05) is 26.3 Å². The van der Waals surface area contributed by atoms with Crippen LogP contribution in [0.25, 0.3) is 0 Å². The van der Waals surface area contributed by atoms with E-state index in [1.54, 1.807) is 0 Å². The van der Waals surface area contributed by atoms with Gasteiger partial charge in [-0.15, -0.1) is 0 Å². The van der Waals surface area contributed by atoms with Crippen LogP contribution in [0.2, 0.25) is 0 Å². The van der Waals surface area contributed by atoms with Crippen LogP contribution >= 0.6 is 0 Å². The maximum Gasteiger partial charge on any atom is 0.0506 e. The second-order valence-electron chi connectivity index (χ2n) is 5.87. The van der Waals surface area contributed by atoms with E-state index in [1.165, 1.54) is 51.6 Å². The van der Waals surface area contributed by atoms with E-state index in [0.29, 0.717) is 0 Å². The monoisotopic (exact) mass is 225 g/mol. The van der Waals surface area contributed by atoms with Gasteiger partial charge in [-0.2, -0.15) is 0 Å². The molecule has 1 heterocycles. The topological polar surface area (TPSA) is 21.3 Å². The van der Waals surface area contributed by atoms with Gasteiger partial charge in [0.25, 0.3) is 0 Å². The molecular formula is C14H27NO. The van der Waals surface area contributed by atoms with E-state index in [2.05, 4.69) is 12.2 Å². The molecule has 1 aliphatic carbocycles. The minimum atomic E-state index is 0.774. The molecule has 0 bridgehead atoms. The number of ether oxygens (including phenoxy) is 1. The van der Waals surface area contributed by atoms with E-state index in [0.717, 1.165) is 31.0 Å². The highest BCUT2D eigenvalue weighted by atomic mass is 16.5. The molecule has 0 aromatic carbocycles. The molecule has 2 nitrogen and oxygen atoms in total. The van der Waals surface area contributed by atoms with Crippen LogP contribution in [0.15, 0.2) is 0 Å². The molecule has 0 radical (unpaired) electrons. The Labute approximate surface area is 100 Å². The molecule has 0 aromatic rings. The summed E-state index contributed by atoms with van der Waals surface area (Å²) in [6, 6.07) is 0. The van der Waals surface area contributed by atoms with Gasteiger partial charge in [0.1, 0.15) is 0 Å². The predicted octanol–water partition coefficient (Wildman–Crippen LogP) is 2.83. The summed E-state index contributed by atoms with van der Waals surface area (Å²) < 4.78 is 5.50. The predicted molar refractivity (Wildman–Crippen MR) is 67.5 cm³/mol. The van der Waals surface area contributed by atoms with E-state index < -0.39 is 0 Å². The second kappa shape index (κ2) is 6.61. The fourth-order valence-electron chi connectivity index (χ4n) is 2.99. The van der Waals surface area contributed by atoms with Gasteiger partial charge in [-0.1, -0.05) is 19.8 Å². The maximum atomic E-state index is 5.50. The summed E-state index contributed by atoms with van der Waals surface area (Å²) in [5, 5.41) is 3.66. The Hall–Kier alpha value is -0.0800. The van der Waals surface area contributed by atoms with Gasteiger partial charge in [0.05, 0.1) is 6.61 Å². The molecule has 1 saturated heterocycles. The van der Waals surface area contributed by atoms with Crippen LogP contribution in [0.3, 0.4) is 0 Å². The van der Waals surface area contributed by atoms with Crippen molar-refractivity contribution in [1.82, 2.24) is 5.32 Å². The minimum Gasteiger partial charge on any atom is -0.381 e. The average molecular weight is 225 g/mol. The largest absolute Gasteiger partial charge is 0.381 e. The standard InChI is InChI=1S/C14H27NO/c1-12-4-6-13(7-5-12)9-15-10-14-3-2-8-16-11-14/h12-15H,2-11H2,1H3. The number of hydrogen-bond donors (Lipinski definition) is 1. The second-order valence-corrected chi connectivity index (χ2v) is 5.87. The van der Waals surface area contributed by atoms with Gasteiger partial charge in [-0.05, 0) is 50.0 Å². The Bertz CT molecular complexity index is 181. The average Bonchev–Trinajstić information content (AvgIpc) is 2.33. The summed E-state index contributed by atoms with van der Waals surface area (Å²) in [5.41, 5.74) is 0. The van der Waals surface area contributed by atoms with E-state index in [1.807, 2.05) is 0 Å². The normalized spacial score (nSPS) is 36.2. The van der Waals surface area contributed by atoms with Crippen LogP contribution in [-0.4, -0.2) is 26.3 Å². The fraction of sp³-hybridized carbons (Fsp3) is 1.00. The quantitative estimate of drug-likeness (QED) is 0.794. The highest BCUT2D eigenvalue weighted by molar-refractivity contribution is 4.73. The highest BCUT2D eigenvalue weighted by Crippen LogP contribution is 2.27. The highest BCUT2D eigenvalue weighted by Gasteiger charge is 2.18. The molecule has 0 spiro atoms. The van der Waals surface area contributed by atoms with Gasteiger partial charge >= 0.3 is 0 Å². The number of nitrogens with one attached hydrogen (secondary N) is 1. The zero-order chi connectivity index (χ0) is 11.2. The third-order valence-corrected chi connectivity index (χ3v) is 4.26. The molecule has 0 amide bonds. The lowest BCUT2D eigenvalue weighted by Gasteiger charge is -2.28. The molecule has 1 N–H and O–H groups in total. The van der Waals surface area contributed by atoms with Gasteiger partial charge in [0.15, 0.2) is 0 Å². The molecule has 16 heavy (non-hydrogen) atoms. The molecule has 1 aliphatic heterocycles. The maximum absolute atomic E-state index is 5.50. The van der Waals surface area contributed by atoms with Crippen molar-refractivity contribution in [1.29, 1.82) is 0 Å². The Balaban J connectivity index is 1.53. The summed E-state index contributed by atoms with van der Waals surface area (Å²) in [5.74, 6) is 2.69. The molecule has 2 aliphatic rings. The van der Waals surface area contributed by atoms with Crippen LogP contribution in [0.5, 0.6) is 0 Å². The molecule has 2 fully saturated rings. The summed E-state index contributed by atoms with van der Waals surface area (Å²) in [7, 11) is 0. The lowest BCUT2D eigenvalue weighted by molar-refractivity contribution is 0.0543. The zero-order valence-electron chi connectivity index (χ0n) is 10.7. The van der Waals surface area contributed by atoms with Crippen molar-refractivity contribution >= 4 is 0 Å². The molecular weight excluding hydrogens is 198 g/mol. The molecule has 0 aromatic heterocycles. The van der Waals surface area contributed by atoms with Crippen molar-refractivity contribution in [3.05, 3.63) is 0 Å². The fourth-order valence-corrected chi connectivity index (χ4v) is 2.99. The van der Waals surface area contributed by atoms with Crippen molar-refractivity contribution in [2.24, 2.45) is 17.8 Å². The van der Waals surface area contributed by atoms with Crippen molar-refractivity contribution in [3.8, 4) is 0 Å². The molecule has 2 rings (SSSR count). The molecule has 2 heteroatoms. The van der Waals surface area contributed by atoms with Gasteiger partial charge in [-0.3, -0.25) is 0 Å². The molecule has 94 valence electrons. The summed E-state index contributed by atoms with van der Waals surface area (Å²) >= 11 is 0. The SMILES string of the molecule is CC1CCC(CNCC2CCCOC2)CC1. The first-order valence-corrected chi connectivity index (χ1v) is 7.13. The van der Waals surface area contributed by atoms with E-state index in [4.69, 9.17) is 4.74 Å². The Morgan fingerprint density at radius 3 is 2.44 bits per heavy atom. The molecule has 1 saturated carbocycles. The Morgan fingerprint density at radius 2 is 1.75 bits per heavy atom.